The normalized spacial score (nSPS) is 11.5. The summed E-state index contributed by atoms with van der Waals surface area (Å²) in [6, 6.07) is 0. The van der Waals surface area contributed by atoms with Crippen LogP contribution in [0.25, 0.3) is 0 Å². The molecule has 0 radical (unpaired) electrons. The van der Waals surface area contributed by atoms with E-state index in [1.807, 2.05) is 0 Å². The molecule has 0 aliphatic carbocycles. The molecule has 0 atom stereocenters. The van der Waals surface area contributed by atoms with Crippen molar-refractivity contribution >= 4 is 0 Å². The molecule has 0 aromatic heterocycles. The highest BCUT2D eigenvalue weighted by molar-refractivity contribution is 4.49. The minimum atomic E-state index is 0. The van der Waals surface area contributed by atoms with E-state index in [4.69, 9.17) is 0 Å². The lowest BCUT2D eigenvalue weighted by Crippen LogP contribution is -2.41. The van der Waals surface area contributed by atoms with Gasteiger partial charge in [-0.3, -0.25) is 0 Å². The van der Waals surface area contributed by atoms with Crippen LogP contribution >= 0.6 is 0 Å². The van der Waals surface area contributed by atoms with Gasteiger partial charge in [-0.05, 0) is 25.7 Å². The van der Waals surface area contributed by atoms with Crippen molar-refractivity contribution in [3.05, 3.63) is 0 Å². The molecular formula is C24H53NO. The SMILES string of the molecule is CCCCCCCCCCC[N+](C)(C)CCCCCCCCCCC.[OH-]. The van der Waals surface area contributed by atoms with Gasteiger partial charge in [0.05, 0.1) is 27.2 Å². The van der Waals surface area contributed by atoms with Crippen molar-refractivity contribution in [1.29, 1.82) is 0 Å². The number of quaternary nitrogens is 1. The van der Waals surface area contributed by atoms with Crippen LogP contribution in [-0.2, 0) is 0 Å². The third kappa shape index (κ3) is 22.0. The van der Waals surface area contributed by atoms with E-state index in [0.29, 0.717) is 0 Å². The van der Waals surface area contributed by atoms with Gasteiger partial charge >= 0.3 is 0 Å². The maximum atomic E-state index is 2.44. The molecule has 0 amide bonds. The first-order chi connectivity index (χ1) is 12.1. The van der Waals surface area contributed by atoms with E-state index >= 15 is 0 Å². The summed E-state index contributed by atoms with van der Waals surface area (Å²) in [5.41, 5.74) is 0. The summed E-state index contributed by atoms with van der Waals surface area (Å²) in [6.45, 7) is 7.36. The smallest absolute Gasteiger partial charge is 0.0782 e. The van der Waals surface area contributed by atoms with Gasteiger partial charge in [0.2, 0.25) is 0 Å². The molecule has 0 aromatic carbocycles. The molecule has 160 valence electrons. The Morgan fingerprint density at radius 1 is 0.385 bits per heavy atom. The number of nitrogens with zero attached hydrogens (tertiary/aromatic N) is 1. The molecule has 0 aromatic rings. The van der Waals surface area contributed by atoms with Gasteiger partial charge in [0.15, 0.2) is 0 Å². The fraction of sp³-hybridized carbons (Fsp3) is 1.00. The van der Waals surface area contributed by atoms with E-state index in [1.165, 1.54) is 133 Å². The predicted molar refractivity (Wildman–Crippen MR) is 118 cm³/mol. The molecule has 0 bridgehead atoms. The van der Waals surface area contributed by atoms with Crippen molar-refractivity contribution in [3.8, 4) is 0 Å². The van der Waals surface area contributed by atoms with E-state index < -0.39 is 0 Å². The molecule has 0 saturated carbocycles. The fourth-order valence-electron chi connectivity index (χ4n) is 3.81. The molecule has 26 heavy (non-hydrogen) atoms. The van der Waals surface area contributed by atoms with Crippen LogP contribution < -0.4 is 0 Å². The second kappa shape index (κ2) is 21.2. The Kier molecular flexibility index (Phi) is 23.0. The van der Waals surface area contributed by atoms with Crippen LogP contribution in [0.3, 0.4) is 0 Å². The monoisotopic (exact) mass is 371 g/mol. The summed E-state index contributed by atoms with van der Waals surface area (Å²) >= 11 is 0. The van der Waals surface area contributed by atoms with Crippen LogP contribution in [0.1, 0.15) is 129 Å². The highest BCUT2D eigenvalue weighted by Crippen LogP contribution is 2.13. The molecule has 0 spiro atoms. The Bertz CT molecular complexity index is 229. The first kappa shape index (κ1) is 28.1. The summed E-state index contributed by atoms with van der Waals surface area (Å²) in [7, 11) is 4.88. The van der Waals surface area contributed by atoms with Crippen LogP contribution in [0, 0.1) is 0 Å². The number of hydrogen-bond acceptors (Lipinski definition) is 1. The van der Waals surface area contributed by atoms with Crippen molar-refractivity contribution in [2.45, 2.75) is 129 Å². The third-order valence-electron chi connectivity index (χ3n) is 5.73. The van der Waals surface area contributed by atoms with Crippen molar-refractivity contribution < 1.29 is 9.96 Å². The van der Waals surface area contributed by atoms with Crippen LogP contribution in [0.4, 0.5) is 0 Å². The van der Waals surface area contributed by atoms with Gasteiger partial charge in [0.25, 0.3) is 0 Å². The quantitative estimate of drug-likeness (QED) is 0.158. The predicted octanol–water partition coefficient (Wildman–Crippen LogP) is 7.95. The minimum absolute atomic E-state index is 0. The standard InChI is InChI=1S/C24H52N.H2O/c1-5-7-9-11-13-15-17-19-21-23-25(3,4)24-22-20-18-16-14-12-10-8-6-2;/h5-24H2,1-4H3;1H2/q+1;/p-1. The van der Waals surface area contributed by atoms with E-state index in [1.54, 1.807) is 0 Å². The zero-order valence-electron chi connectivity index (χ0n) is 19.0. The van der Waals surface area contributed by atoms with Crippen LogP contribution in [0.15, 0.2) is 0 Å². The van der Waals surface area contributed by atoms with Crippen molar-refractivity contribution in [2.24, 2.45) is 0 Å². The highest BCUT2D eigenvalue weighted by Gasteiger charge is 2.13. The van der Waals surface area contributed by atoms with Gasteiger partial charge in [0, 0.05) is 0 Å². The maximum absolute atomic E-state index is 2.44. The molecule has 0 aliphatic heterocycles. The third-order valence-corrected chi connectivity index (χ3v) is 5.73. The van der Waals surface area contributed by atoms with Crippen LogP contribution in [0.2, 0.25) is 0 Å². The molecule has 0 rings (SSSR count). The summed E-state index contributed by atoms with van der Waals surface area (Å²) in [4.78, 5) is 0. The molecule has 0 unspecified atom stereocenters. The average Bonchev–Trinajstić information content (AvgIpc) is 2.59. The fourth-order valence-corrected chi connectivity index (χ4v) is 3.81. The van der Waals surface area contributed by atoms with E-state index in [9.17, 15) is 0 Å². The van der Waals surface area contributed by atoms with E-state index in [-0.39, 0.29) is 5.48 Å². The van der Waals surface area contributed by atoms with Gasteiger partial charge in [-0.2, -0.15) is 0 Å². The Balaban J connectivity index is 0. The summed E-state index contributed by atoms with van der Waals surface area (Å²) in [5, 5.41) is 0. The Morgan fingerprint density at radius 3 is 0.885 bits per heavy atom. The summed E-state index contributed by atoms with van der Waals surface area (Å²) in [5.74, 6) is 0. The molecule has 0 fully saturated rings. The molecule has 0 aliphatic rings. The molecular weight excluding hydrogens is 318 g/mol. The minimum Gasteiger partial charge on any atom is -0.870 e. The van der Waals surface area contributed by atoms with Crippen LogP contribution in [0.5, 0.6) is 0 Å². The Morgan fingerprint density at radius 2 is 0.615 bits per heavy atom. The first-order valence-electron chi connectivity index (χ1n) is 11.9. The molecule has 2 heteroatoms. The Labute approximate surface area is 167 Å². The van der Waals surface area contributed by atoms with Gasteiger partial charge < -0.3 is 9.96 Å². The van der Waals surface area contributed by atoms with Gasteiger partial charge in [0.1, 0.15) is 0 Å². The summed E-state index contributed by atoms with van der Waals surface area (Å²) in [6.07, 6.45) is 26.0. The second-order valence-corrected chi connectivity index (χ2v) is 9.04. The lowest BCUT2D eigenvalue weighted by atomic mass is 10.1. The zero-order chi connectivity index (χ0) is 18.6. The van der Waals surface area contributed by atoms with E-state index in [2.05, 4.69) is 27.9 Å². The number of rotatable bonds is 20. The zero-order valence-corrected chi connectivity index (χ0v) is 19.0. The van der Waals surface area contributed by atoms with Crippen LogP contribution in [-0.4, -0.2) is 37.1 Å². The highest BCUT2D eigenvalue weighted by atomic mass is 16.0. The topological polar surface area (TPSA) is 30.0 Å². The average molecular weight is 372 g/mol. The second-order valence-electron chi connectivity index (χ2n) is 9.04. The van der Waals surface area contributed by atoms with Crippen molar-refractivity contribution in [1.82, 2.24) is 0 Å². The van der Waals surface area contributed by atoms with Crippen molar-refractivity contribution in [2.75, 3.05) is 27.2 Å². The summed E-state index contributed by atoms with van der Waals surface area (Å²) < 4.78 is 1.24. The lowest BCUT2D eigenvalue weighted by molar-refractivity contribution is -0.890. The van der Waals surface area contributed by atoms with Gasteiger partial charge in [-0.25, -0.2) is 0 Å². The molecule has 1 N–H and O–H groups in total. The number of hydrogen-bond donors (Lipinski definition) is 0. The first-order valence-corrected chi connectivity index (χ1v) is 11.9. The molecule has 0 heterocycles. The van der Waals surface area contributed by atoms with Gasteiger partial charge in [-0.1, -0.05) is 104 Å². The van der Waals surface area contributed by atoms with Gasteiger partial charge in [-0.15, -0.1) is 0 Å². The molecule has 2 nitrogen and oxygen atoms in total. The Hall–Kier alpha value is -0.0800. The number of unbranched alkanes of at least 4 members (excludes halogenated alkanes) is 16. The lowest BCUT2D eigenvalue weighted by Gasteiger charge is -2.30. The molecule has 0 saturated heterocycles. The van der Waals surface area contributed by atoms with Crippen molar-refractivity contribution in [3.63, 3.8) is 0 Å². The maximum Gasteiger partial charge on any atom is 0.0782 e. The van der Waals surface area contributed by atoms with E-state index in [0.717, 1.165) is 0 Å². The largest absolute Gasteiger partial charge is 0.870 e.